The van der Waals surface area contributed by atoms with Gasteiger partial charge >= 0.3 is 0 Å². The minimum Gasteiger partial charge on any atom is -0.381 e. The highest BCUT2D eigenvalue weighted by Crippen LogP contribution is 2.18. The first kappa shape index (κ1) is 13.9. The summed E-state index contributed by atoms with van der Waals surface area (Å²) < 4.78 is 32.3. The molecule has 1 aliphatic heterocycles. The van der Waals surface area contributed by atoms with Crippen LogP contribution in [0.4, 0.5) is 8.78 Å². The van der Waals surface area contributed by atoms with Gasteiger partial charge in [0, 0.05) is 26.8 Å². The molecule has 0 atom stereocenters. The van der Waals surface area contributed by atoms with Crippen molar-refractivity contribution in [1.82, 2.24) is 4.90 Å². The lowest BCUT2D eigenvalue weighted by molar-refractivity contribution is 0.0493. The minimum absolute atomic E-state index is 0.331. The molecule has 1 aromatic carbocycles. The van der Waals surface area contributed by atoms with Gasteiger partial charge in [0.15, 0.2) is 0 Å². The van der Waals surface area contributed by atoms with Gasteiger partial charge in [-0.1, -0.05) is 6.07 Å². The van der Waals surface area contributed by atoms with Gasteiger partial charge in [0.2, 0.25) is 0 Å². The van der Waals surface area contributed by atoms with Crippen molar-refractivity contribution in [1.29, 1.82) is 0 Å². The molecular weight excluding hydrogens is 252 g/mol. The van der Waals surface area contributed by atoms with Crippen molar-refractivity contribution in [2.24, 2.45) is 5.92 Å². The second-order valence-corrected chi connectivity index (χ2v) is 4.84. The molecule has 0 radical (unpaired) electrons. The molecule has 5 heteroatoms. The molecule has 1 fully saturated rings. The summed E-state index contributed by atoms with van der Waals surface area (Å²) in [5.74, 6) is -1.91. The van der Waals surface area contributed by atoms with Gasteiger partial charge in [0.05, 0.1) is 0 Å². The summed E-state index contributed by atoms with van der Waals surface area (Å²) in [6.45, 7) is 1.86. The van der Waals surface area contributed by atoms with Crippen LogP contribution in [0.3, 0.4) is 0 Å². The molecule has 0 spiro atoms. The molecule has 19 heavy (non-hydrogen) atoms. The highest BCUT2D eigenvalue weighted by atomic mass is 19.1. The van der Waals surface area contributed by atoms with E-state index < -0.39 is 23.1 Å². The summed E-state index contributed by atoms with van der Waals surface area (Å²) in [6.07, 6.45) is 1.74. The number of benzene rings is 1. The highest BCUT2D eigenvalue weighted by molar-refractivity contribution is 5.94. The van der Waals surface area contributed by atoms with Crippen molar-refractivity contribution in [3.8, 4) is 0 Å². The van der Waals surface area contributed by atoms with Crippen LogP contribution in [-0.2, 0) is 4.74 Å². The van der Waals surface area contributed by atoms with E-state index in [1.807, 2.05) is 0 Å². The molecule has 0 N–H and O–H groups in total. The number of ether oxygens (including phenoxy) is 1. The van der Waals surface area contributed by atoms with Crippen molar-refractivity contribution in [2.75, 3.05) is 26.8 Å². The Balaban J connectivity index is 2.06. The zero-order valence-electron chi connectivity index (χ0n) is 10.9. The lowest BCUT2D eigenvalue weighted by Gasteiger charge is -2.27. The molecule has 0 unspecified atom stereocenters. The first-order chi connectivity index (χ1) is 9.09. The van der Waals surface area contributed by atoms with Gasteiger partial charge < -0.3 is 9.64 Å². The number of carbonyl (C=O) groups excluding carboxylic acids is 1. The normalized spacial score (nSPS) is 16.4. The first-order valence-electron chi connectivity index (χ1n) is 6.37. The van der Waals surface area contributed by atoms with Crippen molar-refractivity contribution < 1.29 is 18.3 Å². The van der Waals surface area contributed by atoms with Crippen LogP contribution < -0.4 is 0 Å². The van der Waals surface area contributed by atoms with Crippen molar-refractivity contribution in [2.45, 2.75) is 12.8 Å². The second kappa shape index (κ2) is 6.10. The lowest BCUT2D eigenvalue weighted by Crippen LogP contribution is -2.35. The summed E-state index contributed by atoms with van der Waals surface area (Å²) in [4.78, 5) is 13.5. The van der Waals surface area contributed by atoms with Crippen LogP contribution in [-0.4, -0.2) is 37.6 Å². The predicted octanol–water partition coefficient (Wildman–Crippen LogP) is 2.46. The Labute approximate surface area is 111 Å². The zero-order valence-corrected chi connectivity index (χ0v) is 10.9. The molecule has 1 aliphatic rings. The Hall–Kier alpha value is -1.49. The molecule has 1 amide bonds. The van der Waals surface area contributed by atoms with E-state index in [0.717, 1.165) is 25.0 Å². The number of carbonyl (C=O) groups is 1. The van der Waals surface area contributed by atoms with Gasteiger partial charge in [-0.25, -0.2) is 8.78 Å². The van der Waals surface area contributed by atoms with Crippen LogP contribution in [0.2, 0.25) is 0 Å². The van der Waals surface area contributed by atoms with E-state index in [9.17, 15) is 13.6 Å². The van der Waals surface area contributed by atoms with E-state index in [-0.39, 0.29) is 0 Å². The second-order valence-electron chi connectivity index (χ2n) is 4.84. The van der Waals surface area contributed by atoms with Crippen molar-refractivity contribution in [3.63, 3.8) is 0 Å². The number of rotatable bonds is 3. The van der Waals surface area contributed by atoms with Gasteiger partial charge in [-0.3, -0.25) is 4.79 Å². The van der Waals surface area contributed by atoms with Crippen LogP contribution in [0.25, 0.3) is 0 Å². The zero-order chi connectivity index (χ0) is 13.8. The average Bonchev–Trinajstić information content (AvgIpc) is 2.39. The Morgan fingerprint density at radius 1 is 1.32 bits per heavy atom. The van der Waals surface area contributed by atoms with E-state index in [1.165, 1.54) is 11.0 Å². The topological polar surface area (TPSA) is 29.5 Å². The van der Waals surface area contributed by atoms with Crippen LogP contribution in [0.15, 0.2) is 18.2 Å². The number of hydrogen-bond donors (Lipinski definition) is 0. The fourth-order valence-corrected chi connectivity index (χ4v) is 2.29. The van der Waals surface area contributed by atoms with Crippen LogP contribution in [0.5, 0.6) is 0 Å². The maximum atomic E-state index is 13.5. The van der Waals surface area contributed by atoms with E-state index >= 15 is 0 Å². The summed E-state index contributed by atoms with van der Waals surface area (Å²) in [7, 11) is 1.57. The smallest absolute Gasteiger partial charge is 0.259 e. The molecule has 104 valence electrons. The average molecular weight is 269 g/mol. The van der Waals surface area contributed by atoms with E-state index in [0.29, 0.717) is 25.7 Å². The predicted molar refractivity (Wildman–Crippen MR) is 66.9 cm³/mol. The maximum absolute atomic E-state index is 13.5. The fraction of sp³-hybridized carbons (Fsp3) is 0.500. The third kappa shape index (κ3) is 3.29. The standard InChI is InChI=1S/C14H17F2NO2/c1-17(9-10-5-7-19-8-6-10)14(18)13-11(15)3-2-4-12(13)16/h2-4,10H,5-9H2,1H3. The van der Waals surface area contributed by atoms with Gasteiger partial charge in [-0.05, 0) is 30.9 Å². The molecule has 1 saturated heterocycles. The van der Waals surface area contributed by atoms with Gasteiger partial charge in [-0.2, -0.15) is 0 Å². The quantitative estimate of drug-likeness (QED) is 0.843. The fourth-order valence-electron chi connectivity index (χ4n) is 2.29. The Bertz CT molecular complexity index is 439. The molecule has 3 nitrogen and oxygen atoms in total. The van der Waals surface area contributed by atoms with Gasteiger partial charge in [0.25, 0.3) is 5.91 Å². The third-order valence-corrected chi connectivity index (χ3v) is 3.40. The van der Waals surface area contributed by atoms with E-state index in [4.69, 9.17) is 4.74 Å². The Morgan fingerprint density at radius 2 is 1.89 bits per heavy atom. The Morgan fingerprint density at radius 3 is 2.47 bits per heavy atom. The SMILES string of the molecule is CN(CC1CCOCC1)C(=O)c1c(F)cccc1F. The summed E-state index contributed by atoms with van der Waals surface area (Å²) in [5, 5.41) is 0. The van der Waals surface area contributed by atoms with Crippen LogP contribution in [0.1, 0.15) is 23.2 Å². The minimum atomic E-state index is -0.816. The van der Waals surface area contributed by atoms with E-state index in [2.05, 4.69) is 0 Å². The molecular formula is C14H17F2NO2. The summed E-state index contributed by atoms with van der Waals surface area (Å²) in [6, 6.07) is 3.44. The molecule has 0 aliphatic carbocycles. The molecule has 0 saturated carbocycles. The number of nitrogens with zero attached hydrogens (tertiary/aromatic N) is 1. The van der Waals surface area contributed by atoms with Gasteiger partial charge in [0.1, 0.15) is 17.2 Å². The van der Waals surface area contributed by atoms with Gasteiger partial charge in [-0.15, -0.1) is 0 Å². The van der Waals surface area contributed by atoms with Crippen molar-refractivity contribution >= 4 is 5.91 Å². The highest BCUT2D eigenvalue weighted by Gasteiger charge is 2.23. The molecule has 0 bridgehead atoms. The number of amides is 1. The molecule has 1 heterocycles. The largest absolute Gasteiger partial charge is 0.381 e. The monoisotopic (exact) mass is 269 g/mol. The Kier molecular flexibility index (Phi) is 4.47. The molecule has 1 aromatic rings. The number of halogens is 2. The van der Waals surface area contributed by atoms with Crippen molar-refractivity contribution in [3.05, 3.63) is 35.4 Å². The van der Waals surface area contributed by atoms with E-state index in [1.54, 1.807) is 7.05 Å². The molecule has 0 aromatic heterocycles. The van der Waals surface area contributed by atoms with Crippen LogP contribution in [0, 0.1) is 17.6 Å². The lowest BCUT2D eigenvalue weighted by atomic mass is 9.99. The van der Waals surface area contributed by atoms with Crippen LogP contribution >= 0.6 is 0 Å². The summed E-state index contributed by atoms with van der Waals surface area (Å²) in [5.41, 5.74) is -0.475. The number of hydrogen-bond acceptors (Lipinski definition) is 2. The maximum Gasteiger partial charge on any atom is 0.259 e. The summed E-state index contributed by atoms with van der Waals surface area (Å²) >= 11 is 0. The first-order valence-corrected chi connectivity index (χ1v) is 6.37. The molecule has 2 rings (SSSR count). The third-order valence-electron chi connectivity index (χ3n) is 3.40.